The summed E-state index contributed by atoms with van der Waals surface area (Å²) in [7, 11) is 0. The van der Waals surface area contributed by atoms with Gasteiger partial charge in [-0.15, -0.1) is 64.6 Å². The Morgan fingerprint density at radius 2 is 0.492 bits per heavy atom. The topological polar surface area (TPSA) is 317 Å². The summed E-state index contributed by atoms with van der Waals surface area (Å²) in [6.45, 7) is 0.137. The Balaban J connectivity index is 0.000000102. The lowest BCUT2D eigenvalue weighted by Crippen LogP contribution is -2.26. The van der Waals surface area contributed by atoms with E-state index in [9.17, 15) is 78.8 Å². The highest BCUT2D eigenvalue weighted by atomic mass is 32.2. The predicted octanol–water partition coefficient (Wildman–Crippen LogP) is 24.6. The highest BCUT2D eigenvalue weighted by molar-refractivity contribution is 8.06. The largest absolute Gasteiger partial charge is 0.586 e. The number of ether oxygens (including phenoxy) is 8. The summed E-state index contributed by atoms with van der Waals surface area (Å²) in [6.07, 6.45) is 14.2. The minimum atomic E-state index is -4.01. The normalized spacial score (nSPS) is 16.4. The number of fused-ring (bicyclic) bond motifs is 12. The molecule has 24 rings (SSSR count). The first-order valence-electron chi connectivity index (χ1n) is 44.1. The van der Waals surface area contributed by atoms with Crippen LogP contribution >= 0.6 is 47.0 Å². The number of alkyl halides is 4. The molecular formula is C104H92F4O20S4. The van der Waals surface area contributed by atoms with Gasteiger partial charge in [0, 0.05) is 87.1 Å². The fourth-order valence-corrected chi connectivity index (χ4v) is 24.4. The maximum atomic E-state index is 13.3. The molecule has 0 radical (unpaired) electrons. The van der Waals surface area contributed by atoms with Gasteiger partial charge in [0.15, 0.2) is 46.0 Å². The van der Waals surface area contributed by atoms with E-state index in [0.717, 1.165) is 183 Å². The predicted molar refractivity (Wildman–Crippen MR) is 500 cm³/mol. The second kappa shape index (κ2) is 37.1. The molecule has 20 nitrogen and oxygen atoms in total. The molecule has 5 aliphatic carbocycles. The minimum absolute atomic E-state index is 0.0338. The van der Waals surface area contributed by atoms with Crippen molar-refractivity contribution in [2.75, 3.05) is 36.6 Å². The first kappa shape index (κ1) is 88.5. The van der Waals surface area contributed by atoms with Crippen molar-refractivity contribution in [3.05, 3.63) is 225 Å². The third-order valence-corrected chi connectivity index (χ3v) is 30.6. The molecule has 11 aliphatic rings. The van der Waals surface area contributed by atoms with E-state index in [2.05, 4.69) is 43.2 Å². The average molecular weight is 1870 g/mol. The molecule has 0 saturated heterocycles. The smallest absolute Gasteiger partial charge is 0.507 e. The molecule has 0 spiro atoms. The number of phenolic OH excluding ortho intramolecular Hbond substituents is 12. The molecule has 0 saturated carbocycles. The molecule has 13 aromatic carbocycles. The maximum Gasteiger partial charge on any atom is 0.586 e. The van der Waals surface area contributed by atoms with Crippen LogP contribution in [0.1, 0.15) is 120 Å². The number of phenols is 12. The van der Waals surface area contributed by atoms with Gasteiger partial charge >= 0.3 is 12.6 Å². The van der Waals surface area contributed by atoms with Gasteiger partial charge in [0.2, 0.25) is 13.6 Å². The summed E-state index contributed by atoms with van der Waals surface area (Å²) in [5, 5.41) is 126. The van der Waals surface area contributed by atoms with Crippen LogP contribution in [0, 0.1) is 0 Å². The number of aromatic hydroxyl groups is 12. The van der Waals surface area contributed by atoms with Gasteiger partial charge in [-0.3, -0.25) is 0 Å². The number of aryl methyl sites for hydroxylation is 5. The summed E-state index contributed by atoms with van der Waals surface area (Å²) >= 11 is 7.20. The van der Waals surface area contributed by atoms with E-state index < -0.39 is 58.2 Å². The van der Waals surface area contributed by atoms with Crippen LogP contribution in [0.2, 0.25) is 0 Å². The van der Waals surface area contributed by atoms with E-state index in [-0.39, 0.29) is 48.1 Å². The summed E-state index contributed by atoms with van der Waals surface area (Å²) in [6, 6.07) is 48.5. The zero-order valence-electron chi connectivity index (χ0n) is 71.3. The zero-order chi connectivity index (χ0) is 91.4. The lowest BCUT2D eigenvalue weighted by Gasteiger charge is -2.25. The number of hydrogen-bond donors (Lipinski definition) is 12. The highest BCUT2D eigenvalue weighted by Gasteiger charge is 2.50. The SMILES string of the molecule is Oc1ccc2c(c1-c1c(O)ccc3c1CCCC3)CCCC2.Oc1ccc2c(c1-c1c(O)ccc3c1CCCC3)CCCC2.Oc1ccc2c(c1-c1c(O)ccc3c1OC(F)(F)O3)OC(F)(F)O2.Oc1ccc2c(c1-c1c(O)ccc3c1OCO3)OCO2.Oc1ccc2c(c1-c1c(O)ccc3c1SCCS3)SCCS2.Oc1ccc2c(c1-c1c(O)ccc3ccccc13)CCCC2. The van der Waals surface area contributed by atoms with E-state index in [1.807, 2.05) is 72.1 Å². The molecule has 6 aliphatic heterocycles. The summed E-state index contributed by atoms with van der Waals surface area (Å²) < 4.78 is 91.7. The van der Waals surface area contributed by atoms with Crippen molar-refractivity contribution in [1.29, 1.82) is 0 Å². The van der Waals surface area contributed by atoms with Gasteiger partial charge in [-0.2, -0.15) is 0 Å². The lowest BCUT2D eigenvalue weighted by atomic mass is 9.80. The Kier molecular flexibility index (Phi) is 24.9. The standard InChI is InChI=1S/2C20H22O2.C20H18O2.C16H14O2S4.C14H6F4O6.C14H10O6/c3*21-17-11-9-13-5-1-3-7-15(13)19(17)20-16-8-4-2-6-14(16)10-12-18(20)22;17-9-1-3-11-15(21-7-5-19-11)13(9)14-10(18)2-4-12-16(14)22-8-6-20-12;15-13(16)21-7-3-1-5(19)9(11(7)23-13)10-6(20)2-4-8-12(10)24-14(17,18)22-8;15-7-1-3-9-13(19-5-17-9)11(7)12-8(16)2-4-10-14(12)20-6-18-10/h2*9-12,21-22H,1-8H2;1,3,5,7,9-12,21-22H,2,4,6,8H2;1-4,17-18H,5-8H2;1-4,19-20H;1-4,15-16H,5-6H2. The third kappa shape index (κ3) is 17.2. The quantitative estimate of drug-likeness (QED) is 0.0688. The molecule has 0 bridgehead atoms. The molecule has 13 aromatic rings. The molecule has 0 unspecified atom stereocenters. The van der Waals surface area contributed by atoms with Crippen LogP contribution in [-0.2, 0) is 64.2 Å². The molecular weight excluding hydrogens is 1770 g/mol. The van der Waals surface area contributed by atoms with Crippen molar-refractivity contribution in [3.63, 3.8) is 0 Å². The molecule has 6 heterocycles. The van der Waals surface area contributed by atoms with Gasteiger partial charge in [-0.05, 0) is 304 Å². The summed E-state index contributed by atoms with van der Waals surface area (Å²) in [5.41, 5.74) is 19.3. The van der Waals surface area contributed by atoms with Crippen molar-refractivity contribution < 1.29 is 117 Å². The van der Waals surface area contributed by atoms with Crippen LogP contribution in [0.5, 0.6) is 115 Å². The number of rotatable bonds is 6. The van der Waals surface area contributed by atoms with E-state index in [4.69, 9.17) is 18.9 Å². The van der Waals surface area contributed by atoms with Crippen LogP contribution in [0.25, 0.3) is 77.5 Å². The van der Waals surface area contributed by atoms with Gasteiger partial charge in [0.1, 0.15) is 69.0 Å². The van der Waals surface area contributed by atoms with Gasteiger partial charge < -0.3 is 99.2 Å². The van der Waals surface area contributed by atoms with Gasteiger partial charge in [-0.25, -0.2) is 0 Å². The van der Waals surface area contributed by atoms with Crippen LogP contribution in [0.15, 0.2) is 189 Å². The number of benzene rings is 13. The zero-order valence-corrected chi connectivity index (χ0v) is 74.6. The Morgan fingerprint density at radius 3 is 0.848 bits per heavy atom. The minimum Gasteiger partial charge on any atom is -0.507 e. The lowest BCUT2D eigenvalue weighted by molar-refractivity contribution is -0.288. The van der Waals surface area contributed by atoms with Crippen molar-refractivity contribution in [3.8, 4) is 182 Å². The van der Waals surface area contributed by atoms with Crippen LogP contribution < -0.4 is 37.9 Å². The van der Waals surface area contributed by atoms with E-state index in [0.29, 0.717) is 57.1 Å². The van der Waals surface area contributed by atoms with E-state index >= 15 is 0 Å². The molecule has 0 amide bonds. The average Bonchev–Trinajstić information content (AvgIpc) is 1.65. The monoisotopic (exact) mass is 1860 g/mol. The second-order valence-corrected chi connectivity index (χ2v) is 38.0. The van der Waals surface area contributed by atoms with E-state index in [1.54, 1.807) is 84.2 Å². The van der Waals surface area contributed by atoms with Crippen molar-refractivity contribution in [1.82, 2.24) is 0 Å². The van der Waals surface area contributed by atoms with Gasteiger partial charge in [-0.1, -0.05) is 60.7 Å². The molecule has 0 atom stereocenters. The van der Waals surface area contributed by atoms with Crippen LogP contribution in [0.4, 0.5) is 17.6 Å². The van der Waals surface area contributed by atoms with Crippen molar-refractivity contribution in [2.24, 2.45) is 0 Å². The Bertz CT molecular complexity index is 6100. The first-order valence-corrected chi connectivity index (χ1v) is 48.0. The van der Waals surface area contributed by atoms with Crippen LogP contribution in [-0.4, -0.2) is 110 Å². The number of thioether (sulfide) groups is 4. The molecule has 28 heteroatoms. The Hall–Kier alpha value is -12.8. The van der Waals surface area contributed by atoms with Crippen molar-refractivity contribution >= 4 is 57.8 Å². The third-order valence-electron chi connectivity index (χ3n) is 25.5. The molecule has 0 aromatic heterocycles. The summed E-state index contributed by atoms with van der Waals surface area (Å²) in [5.74, 6) is 4.79. The number of halogens is 4. The Morgan fingerprint density at radius 1 is 0.227 bits per heavy atom. The van der Waals surface area contributed by atoms with Gasteiger partial charge in [0.05, 0.1) is 22.3 Å². The fourth-order valence-electron chi connectivity index (χ4n) is 19.6. The molecule has 12 N–H and O–H groups in total. The second-order valence-electron chi connectivity index (χ2n) is 33.5. The highest BCUT2D eigenvalue weighted by Crippen LogP contribution is 2.62. The fraction of sp³-hybridized carbons (Fsp3) is 0.269. The molecule has 132 heavy (non-hydrogen) atoms. The number of hydrogen-bond acceptors (Lipinski definition) is 24. The first-order chi connectivity index (χ1) is 63.9. The molecule has 0 fully saturated rings. The van der Waals surface area contributed by atoms with Gasteiger partial charge in [0.25, 0.3) is 0 Å². The Labute approximate surface area is 774 Å². The van der Waals surface area contributed by atoms with Crippen molar-refractivity contribution in [2.45, 2.75) is 161 Å². The maximum absolute atomic E-state index is 13.3. The molecule has 680 valence electrons. The summed E-state index contributed by atoms with van der Waals surface area (Å²) in [4.78, 5) is 4.62. The van der Waals surface area contributed by atoms with E-state index in [1.165, 1.54) is 135 Å². The van der Waals surface area contributed by atoms with Crippen LogP contribution in [0.3, 0.4) is 0 Å².